The van der Waals surface area contributed by atoms with Crippen LogP contribution in [0.25, 0.3) is 6.08 Å². The molecule has 0 bridgehead atoms. The third-order valence-electron chi connectivity index (χ3n) is 2.96. The van der Waals surface area contributed by atoms with E-state index in [9.17, 15) is 19.6 Å². The van der Waals surface area contributed by atoms with E-state index in [1.54, 1.807) is 6.07 Å². The monoisotopic (exact) mass is 306 g/mol. The van der Waals surface area contributed by atoms with Gasteiger partial charge in [0, 0.05) is 19.3 Å². The van der Waals surface area contributed by atoms with Gasteiger partial charge in [0.15, 0.2) is 0 Å². The Hall–Kier alpha value is -2.32. The van der Waals surface area contributed by atoms with Gasteiger partial charge in [-0.2, -0.15) is 0 Å². The second kappa shape index (κ2) is 5.82. The van der Waals surface area contributed by atoms with Gasteiger partial charge < -0.3 is 24.3 Å². The lowest BCUT2D eigenvalue weighted by Crippen LogP contribution is -2.41. The molecule has 7 nitrogen and oxygen atoms in total. The standard InChI is InChI=1S/C14H15BO7/c1-14(2)21-12(16)9(13(17)22-14)6-8-4-5-11(20-3)10(7-8)15(18)19/h4-7,18-19H,1-3H3. The summed E-state index contributed by atoms with van der Waals surface area (Å²) in [6.45, 7) is 2.90. The van der Waals surface area contributed by atoms with Crippen LogP contribution in [-0.2, 0) is 19.1 Å². The molecule has 1 aliphatic rings. The summed E-state index contributed by atoms with van der Waals surface area (Å²) in [5, 5.41) is 18.6. The van der Waals surface area contributed by atoms with E-state index in [2.05, 4.69) is 0 Å². The topological polar surface area (TPSA) is 102 Å². The van der Waals surface area contributed by atoms with Crippen molar-refractivity contribution in [3.63, 3.8) is 0 Å². The van der Waals surface area contributed by atoms with Gasteiger partial charge in [-0.05, 0) is 17.7 Å². The maximum Gasteiger partial charge on any atom is 0.492 e. The van der Waals surface area contributed by atoms with Crippen molar-refractivity contribution < 1.29 is 33.8 Å². The highest BCUT2D eigenvalue weighted by atomic mass is 16.7. The fourth-order valence-corrected chi connectivity index (χ4v) is 1.99. The molecule has 1 aromatic carbocycles. The normalized spacial score (nSPS) is 16.7. The number of carbonyl (C=O) groups excluding carboxylic acids is 2. The van der Waals surface area contributed by atoms with Gasteiger partial charge >= 0.3 is 19.1 Å². The molecule has 8 heteroatoms. The van der Waals surface area contributed by atoms with Crippen LogP contribution in [-0.4, -0.2) is 42.0 Å². The number of hydrogen-bond acceptors (Lipinski definition) is 7. The van der Waals surface area contributed by atoms with Crippen molar-refractivity contribution in [3.05, 3.63) is 29.3 Å². The Balaban J connectivity index is 2.39. The second-order valence-electron chi connectivity index (χ2n) is 5.11. The number of ether oxygens (including phenoxy) is 3. The van der Waals surface area contributed by atoms with Crippen molar-refractivity contribution in [1.29, 1.82) is 0 Å². The Morgan fingerprint density at radius 3 is 2.27 bits per heavy atom. The predicted octanol–water partition coefficient (Wildman–Crippen LogP) is -0.406. The number of cyclic esters (lactones) is 2. The van der Waals surface area contributed by atoms with Gasteiger partial charge in [-0.15, -0.1) is 0 Å². The molecule has 0 atom stereocenters. The van der Waals surface area contributed by atoms with Gasteiger partial charge in [0.2, 0.25) is 0 Å². The highest BCUT2D eigenvalue weighted by Crippen LogP contribution is 2.24. The Morgan fingerprint density at radius 2 is 1.77 bits per heavy atom. The minimum atomic E-state index is -1.75. The fourth-order valence-electron chi connectivity index (χ4n) is 1.99. The molecule has 0 radical (unpaired) electrons. The van der Waals surface area contributed by atoms with Crippen LogP contribution >= 0.6 is 0 Å². The molecular formula is C14H15BO7. The Bertz CT molecular complexity index is 627. The molecule has 1 aromatic rings. The lowest BCUT2D eigenvalue weighted by molar-refractivity contribution is -0.222. The first-order chi connectivity index (χ1) is 10.2. The van der Waals surface area contributed by atoms with Gasteiger partial charge in [0.1, 0.15) is 11.3 Å². The maximum atomic E-state index is 11.9. The van der Waals surface area contributed by atoms with Crippen molar-refractivity contribution >= 4 is 30.6 Å². The molecule has 1 fully saturated rings. The number of rotatable bonds is 3. The number of esters is 2. The number of carbonyl (C=O) groups is 2. The maximum absolute atomic E-state index is 11.9. The Kier molecular flexibility index (Phi) is 4.25. The highest BCUT2D eigenvalue weighted by molar-refractivity contribution is 6.59. The van der Waals surface area contributed by atoms with Gasteiger partial charge in [0.05, 0.1) is 7.11 Å². The van der Waals surface area contributed by atoms with E-state index < -0.39 is 24.8 Å². The Morgan fingerprint density at radius 1 is 1.18 bits per heavy atom. The number of methoxy groups -OCH3 is 1. The van der Waals surface area contributed by atoms with E-state index in [4.69, 9.17) is 14.2 Å². The van der Waals surface area contributed by atoms with Gasteiger partial charge in [0.25, 0.3) is 5.79 Å². The fraction of sp³-hybridized carbons (Fsp3) is 0.286. The quantitative estimate of drug-likeness (QED) is 0.339. The van der Waals surface area contributed by atoms with E-state index in [1.165, 1.54) is 39.2 Å². The third-order valence-corrected chi connectivity index (χ3v) is 2.96. The van der Waals surface area contributed by atoms with Crippen LogP contribution in [0.15, 0.2) is 23.8 Å². The van der Waals surface area contributed by atoms with E-state index in [0.717, 1.165) is 0 Å². The van der Waals surface area contributed by atoms with Crippen LogP contribution in [0, 0.1) is 0 Å². The minimum Gasteiger partial charge on any atom is -0.497 e. The zero-order valence-electron chi connectivity index (χ0n) is 12.3. The molecule has 0 spiro atoms. The van der Waals surface area contributed by atoms with Crippen LogP contribution in [0.1, 0.15) is 19.4 Å². The molecule has 2 N–H and O–H groups in total. The zero-order chi connectivity index (χ0) is 16.5. The summed E-state index contributed by atoms with van der Waals surface area (Å²) < 4.78 is 15.0. The van der Waals surface area contributed by atoms with E-state index >= 15 is 0 Å². The van der Waals surface area contributed by atoms with Gasteiger partial charge in [-0.25, -0.2) is 9.59 Å². The highest BCUT2D eigenvalue weighted by Gasteiger charge is 2.38. The summed E-state index contributed by atoms with van der Waals surface area (Å²) in [6.07, 6.45) is 1.26. The van der Waals surface area contributed by atoms with Crippen molar-refractivity contribution in [2.45, 2.75) is 19.6 Å². The lowest BCUT2D eigenvalue weighted by atomic mass is 9.78. The van der Waals surface area contributed by atoms with Crippen LogP contribution in [0.5, 0.6) is 5.75 Å². The van der Waals surface area contributed by atoms with Crippen LogP contribution in [0.2, 0.25) is 0 Å². The third kappa shape index (κ3) is 3.29. The molecule has 116 valence electrons. The first-order valence-corrected chi connectivity index (χ1v) is 6.46. The molecule has 0 amide bonds. The molecular weight excluding hydrogens is 291 g/mol. The smallest absolute Gasteiger partial charge is 0.492 e. The minimum absolute atomic E-state index is 0.106. The lowest BCUT2D eigenvalue weighted by Gasteiger charge is -2.29. The van der Waals surface area contributed by atoms with Crippen molar-refractivity contribution in [3.8, 4) is 5.75 Å². The Labute approximate surface area is 127 Å². The van der Waals surface area contributed by atoms with Crippen LogP contribution in [0.4, 0.5) is 0 Å². The summed E-state index contributed by atoms with van der Waals surface area (Å²) in [5.74, 6) is -2.64. The molecule has 0 aromatic heterocycles. The molecule has 2 rings (SSSR count). The summed E-state index contributed by atoms with van der Waals surface area (Å²) in [7, 11) is -0.366. The predicted molar refractivity (Wildman–Crippen MR) is 77.1 cm³/mol. The number of hydrogen-bond donors (Lipinski definition) is 2. The van der Waals surface area contributed by atoms with E-state index in [0.29, 0.717) is 5.56 Å². The molecule has 0 aliphatic carbocycles. The van der Waals surface area contributed by atoms with Gasteiger partial charge in [-0.1, -0.05) is 12.1 Å². The van der Waals surface area contributed by atoms with Gasteiger partial charge in [-0.3, -0.25) is 0 Å². The van der Waals surface area contributed by atoms with E-state index in [-0.39, 0.29) is 16.8 Å². The van der Waals surface area contributed by atoms with E-state index in [1.807, 2.05) is 0 Å². The van der Waals surface area contributed by atoms with Crippen LogP contribution in [0.3, 0.4) is 0 Å². The summed E-state index contributed by atoms with van der Waals surface area (Å²) in [6, 6.07) is 4.43. The van der Waals surface area contributed by atoms with Crippen molar-refractivity contribution in [1.82, 2.24) is 0 Å². The largest absolute Gasteiger partial charge is 0.497 e. The molecule has 1 aliphatic heterocycles. The molecule has 22 heavy (non-hydrogen) atoms. The summed E-state index contributed by atoms with van der Waals surface area (Å²) in [5.41, 5.74) is 0.227. The average Bonchev–Trinajstić information content (AvgIpc) is 2.41. The second-order valence-corrected chi connectivity index (χ2v) is 5.11. The van der Waals surface area contributed by atoms with Crippen LogP contribution < -0.4 is 10.2 Å². The first kappa shape index (κ1) is 16.1. The summed E-state index contributed by atoms with van der Waals surface area (Å²) in [4.78, 5) is 23.7. The molecule has 0 unspecified atom stereocenters. The molecule has 1 saturated heterocycles. The first-order valence-electron chi connectivity index (χ1n) is 6.46. The average molecular weight is 306 g/mol. The zero-order valence-corrected chi connectivity index (χ0v) is 12.3. The number of benzene rings is 1. The molecule has 1 heterocycles. The van der Waals surface area contributed by atoms with Crippen molar-refractivity contribution in [2.75, 3.05) is 7.11 Å². The summed E-state index contributed by atoms with van der Waals surface area (Å²) >= 11 is 0. The molecule has 0 saturated carbocycles. The van der Waals surface area contributed by atoms with Crippen molar-refractivity contribution in [2.24, 2.45) is 0 Å². The SMILES string of the molecule is COc1ccc(C=C2C(=O)OC(C)(C)OC2=O)cc1B(O)O.